The van der Waals surface area contributed by atoms with Gasteiger partial charge in [0.2, 0.25) is 5.82 Å². The first-order chi connectivity index (χ1) is 15.1. The van der Waals surface area contributed by atoms with Crippen LogP contribution in [0.3, 0.4) is 0 Å². The van der Waals surface area contributed by atoms with E-state index in [1.165, 1.54) is 35.1 Å². The molecule has 0 unspecified atom stereocenters. The third-order valence-electron chi connectivity index (χ3n) is 4.43. The van der Waals surface area contributed by atoms with Gasteiger partial charge in [-0.05, 0) is 42.0 Å². The lowest BCUT2D eigenvalue weighted by Crippen LogP contribution is -2.07. The number of furan rings is 1. The summed E-state index contributed by atoms with van der Waals surface area (Å²) in [7, 11) is 0. The predicted molar refractivity (Wildman–Crippen MR) is 105 cm³/mol. The van der Waals surface area contributed by atoms with Crippen molar-refractivity contribution in [1.29, 1.82) is 0 Å². The molecule has 0 aliphatic heterocycles. The molecule has 0 N–H and O–H groups in total. The van der Waals surface area contributed by atoms with Crippen molar-refractivity contribution in [2.24, 2.45) is 0 Å². The molecule has 2 heterocycles. The standard InChI is InChI=1S/C21H13F6N3OS/c22-20(23,24)14-5-1-4-13(10-14)12-32-19-29-28-18(17-8-3-9-31-17)30(19)16-7-2-6-15(11-16)21(25,26)27/h1-11H,12H2. The van der Waals surface area contributed by atoms with Gasteiger partial charge in [-0.1, -0.05) is 36.0 Å². The Bertz CT molecular complexity index is 1220. The number of hydrogen-bond acceptors (Lipinski definition) is 4. The topological polar surface area (TPSA) is 43.9 Å². The highest BCUT2D eigenvalue weighted by Crippen LogP contribution is 2.35. The van der Waals surface area contributed by atoms with Crippen LogP contribution in [0.5, 0.6) is 0 Å². The maximum Gasteiger partial charge on any atom is 0.416 e. The summed E-state index contributed by atoms with van der Waals surface area (Å²) in [6.45, 7) is 0. The molecule has 0 saturated carbocycles. The van der Waals surface area contributed by atoms with Crippen LogP contribution in [-0.4, -0.2) is 14.8 Å². The number of alkyl halides is 6. The molecule has 32 heavy (non-hydrogen) atoms. The lowest BCUT2D eigenvalue weighted by molar-refractivity contribution is -0.138. The Balaban J connectivity index is 1.72. The molecule has 0 aliphatic rings. The van der Waals surface area contributed by atoms with Crippen molar-refractivity contribution in [3.8, 4) is 17.3 Å². The summed E-state index contributed by atoms with van der Waals surface area (Å²) in [5.74, 6) is 0.542. The predicted octanol–water partition coefficient (Wildman–Crippen LogP) is 6.86. The third kappa shape index (κ3) is 4.67. The molecule has 0 bridgehead atoms. The van der Waals surface area contributed by atoms with Gasteiger partial charge in [0.05, 0.1) is 23.1 Å². The molecule has 0 radical (unpaired) electrons. The molecular weight excluding hydrogens is 456 g/mol. The molecule has 0 atom stereocenters. The van der Waals surface area contributed by atoms with Crippen molar-refractivity contribution in [1.82, 2.24) is 14.8 Å². The average Bonchev–Trinajstić information content (AvgIpc) is 3.41. The lowest BCUT2D eigenvalue weighted by atomic mass is 10.1. The third-order valence-corrected chi connectivity index (χ3v) is 5.43. The van der Waals surface area contributed by atoms with Gasteiger partial charge in [-0.25, -0.2) is 0 Å². The van der Waals surface area contributed by atoms with Gasteiger partial charge in [0.25, 0.3) is 0 Å². The number of thioether (sulfide) groups is 1. The van der Waals surface area contributed by atoms with E-state index in [-0.39, 0.29) is 28.2 Å². The fourth-order valence-corrected chi connectivity index (χ4v) is 3.86. The zero-order valence-corrected chi connectivity index (χ0v) is 16.8. The van der Waals surface area contributed by atoms with E-state index in [1.807, 2.05) is 0 Å². The van der Waals surface area contributed by atoms with Crippen LogP contribution in [0.1, 0.15) is 16.7 Å². The van der Waals surface area contributed by atoms with Gasteiger partial charge in [-0.15, -0.1) is 10.2 Å². The van der Waals surface area contributed by atoms with Crippen molar-refractivity contribution < 1.29 is 30.8 Å². The van der Waals surface area contributed by atoms with E-state index in [0.717, 1.165) is 36.0 Å². The van der Waals surface area contributed by atoms with Crippen LogP contribution in [0.25, 0.3) is 17.3 Å². The molecule has 2 aromatic carbocycles. The van der Waals surface area contributed by atoms with Gasteiger partial charge < -0.3 is 4.42 Å². The lowest BCUT2D eigenvalue weighted by Gasteiger charge is -2.13. The first-order valence-electron chi connectivity index (χ1n) is 9.09. The Morgan fingerprint density at radius 1 is 0.812 bits per heavy atom. The molecular formula is C21H13F6N3OS. The molecule has 0 fully saturated rings. The van der Waals surface area contributed by atoms with Gasteiger partial charge in [0.15, 0.2) is 10.9 Å². The maximum absolute atomic E-state index is 13.2. The quantitative estimate of drug-likeness (QED) is 0.237. The van der Waals surface area contributed by atoms with Crippen molar-refractivity contribution in [2.45, 2.75) is 23.3 Å². The Morgan fingerprint density at radius 2 is 1.50 bits per heavy atom. The largest absolute Gasteiger partial charge is 0.461 e. The van der Waals surface area contributed by atoms with Crippen molar-refractivity contribution >= 4 is 11.8 Å². The number of aromatic nitrogens is 3. The highest BCUT2D eigenvalue weighted by molar-refractivity contribution is 7.98. The van der Waals surface area contributed by atoms with Gasteiger partial charge >= 0.3 is 12.4 Å². The van der Waals surface area contributed by atoms with Crippen molar-refractivity contribution in [3.05, 3.63) is 83.6 Å². The highest BCUT2D eigenvalue weighted by Gasteiger charge is 2.32. The molecule has 11 heteroatoms. The Labute approximate surface area is 181 Å². The van der Waals surface area contributed by atoms with Crippen LogP contribution in [0.2, 0.25) is 0 Å². The molecule has 4 nitrogen and oxygen atoms in total. The summed E-state index contributed by atoms with van der Waals surface area (Å²) in [4.78, 5) is 0. The second-order valence-electron chi connectivity index (χ2n) is 6.65. The number of halogens is 6. The summed E-state index contributed by atoms with van der Waals surface area (Å²) >= 11 is 1.04. The molecule has 4 aromatic rings. The van der Waals surface area contributed by atoms with Crippen molar-refractivity contribution in [3.63, 3.8) is 0 Å². The monoisotopic (exact) mass is 469 g/mol. The molecule has 0 spiro atoms. The summed E-state index contributed by atoms with van der Waals surface area (Å²) in [5.41, 5.74) is -1.13. The fraction of sp³-hybridized carbons (Fsp3) is 0.143. The smallest absolute Gasteiger partial charge is 0.416 e. The van der Waals surface area contributed by atoms with Gasteiger partial charge in [0, 0.05) is 5.75 Å². The summed E-state index contributed by atoms with van der Waals surface area (Å²) in [6, 6.07) is 12.6. The molecule has 2 aromatic heterocycles. The number of benzene rings is 2. The highest BCUT2D eigenvalue weighted by atomic mass is 32.2. The summed E-state index contributed by atoms with van der Waals surface area (Å²) in [5, 5.41) is 8.27. The number of hydrogen-bond donors (Lipinski definition) is 0. The van der Waals surface area contributed by atoms with Crippen LogP contribution in [0.4, 0.5) is 26.3 Å². The molecule has 0 amide bonds. The van der Waals surface area contributed by atoms with Gasteiger partial charge in [-0.3, -0.25) is 4.57 Å². The first kappa shape index (κ1) is 22.0. The van der Waals surface area contributed by atoms with Crippen LogP contribution in [0, 0.1) is 0 Å². The molecule has 166 valence electrons. The number of rotatable bonds is 5. The van der Waals surface area contributed by atoms with Crippen molar-refractivity contribution in [2.75, 3.05) is 0 Å². The van der Waals surface area contributed by atoms with E-state index in [9.17, 15) is 26.3 Å². The minimum absolute atomic E-state index is 0.0964. The maximum atomic E-state index is 13.2. The zero-order valence-electron chi connectivity index (χ0n) is 16.0. The Kier molecular flexibility index (Phi) is 5.76. The average molecular weight is 469 g/mol. The first-order valence-corrected chi connectivity index (χ1v) is 10.1. The SMILES string of the molecule is FC(F)(F)c1cccc(CSc2nnc(-c3ccco3)n2-c2cccc(C(F)(F)F)c2)c1. The minimum atomic E-state index is -4.56. The molecule has 0 aliphatic carbocycles. The van der Waals surface area contributed by atoms with Crippen LogP contribution in [0.15, 0.2) is 76.5 Å². The summed E-state index contributed by atoms with van der Waals surface area (Å²) < 4.78 is 85.3. The second kappa shape index (κ2) is 8.38. The zero-order chi connectivity index (χ0) is 22.9. The molecule has 4 rings (SSSR count). The Hall–Kier alpha value is -3.21. The minimum Gasteiger partial charge on any atom is -0.461 e. The second-order valence-corrected chi connectivity index (χ2v) is 7.60. The van der Waals surface area contributed by atoms with Gasteiger partial charge in [-0.2, -0.15) is 26.3 Å². The molecule has 0 saturated heterocycles. The van der Waals surface area contributed by atoms with Crippen LogP contribution >= 0.6 is 11.8 Å². The van der Waals surface area contributed by atoms with E-state index in [1.54, 1.807) is 12.1 Å². The fourth-order valence-electron chi connectivity index (χ4n) is 2.97. The van der Waals surface area contributed by atoms with E-state index in [4.69, 9.17) is 4.42 Å². The van der Waals surface area contributed by atoms with Crippen LogP contribution < -0.4 is 0 Å². The normalized spacial score (nSPS) is 12.3. The van der Waals surface area contributed by atoms with E-state index < -0.39 is 23.5 Å². The van der Waals surface area contributed by atoms with Gasteiger partial charge in [0.1, 0.15) is 0 Å². The van der Waals surface area contributed by atoms with E-state index in [2.05, 4.69) is 10.2 Å². The Morgan fingerprint density at radius 3 is 2.16 bits per heavy atom. The van der Waals surface area contributed by atoms with E-state index in [0.29, 0.717) is 5.56 Å². The summed E-state index contributed by atoms with van der Waals surface area (Å²) in [6.07, 6.45) is -7.65. The number of nitrogens with zero attached hydrogens (tertiary/aromatic N) is 3. The van der Waals surface area contributed by atoms with E-state index >= 15 is 0 Å². The van der Waals surface area contributed by atoms with Crippen LogP contribution in [-0.2, 0) is 18.1 Å².